The van der Waals surface area contributed by atoms with Crippen LogP contribution in [0.2, 0.25) is 0 Å². The smallest absolute Gasteiger partial charge is 0.271 e. The Balaban J connectivity index is 1.82. The molecule has 2 aliphatic heterocycles. The van der Waals surface area contributed by atoms with Gasteiger partial charge in [-0.1, -0.05) is 0 Å². The number of aliphatic hydroxyl groups excluding tert-OH is 4. The van der Waals surface area contributed by atoms with Gasteiger partial charge in [-0.3, -0.25) is 4.99 Å². The topological polar surface area (TPSA) is 253 Å². The Morgan fingerprint density at radius 1 is 1.12 bits per heavy atom. The Kier molecular flexibility index (Phi) is 12.6. The van der Waals surface area contributed by atoms with E-state index >= 15 is 0 Å². The van der Waals surface area contributed by atoms with Crippen LogP contribution in [0.15, 0.2) is 4.99 Å². The summed E-state index contributed by atoms with van der Waals surface area (Å²) in [5, 5.41) is 57.5. The van der Waals surface area contributed by atoms with E-state index in [9.17, 15) is 29.2 Å². The number of alkyl halides is 2. The van der Waals surface area contributed by atoms with E-state index in [2.05, 4.69) is 15.6 Å². The maximum absolute atomic E-state index is 13.1. The van der Waals surface area contributed by atoms with E-state index < -0.39 is 85.1 Å². The van der Waals surface area contributed by atoms with Gasteiger partial charge in [-0.25, -0.2) is 8.78 Å². The number of hydrogen-bond donors (Lipinski definition) is 10. The molecule has 3 fully saturated rings. The van der Waals surface area contributed by atoms with Crippen molar-refractivity contribution in [3.8, 4) is 0 Å². The van der Waals surface area contributed by atoms with Crippen LogP contribution in [0.1, 0.15) is 26.2 Å². The minimum atomic E-state index is -3.21. The molecule has 41 heavy (non-hydrogen) atoms. The molecule has 13 N–H and O–H groups in total. The van der Waals surface area contributed by atoms with Crippen molar-refractivity contribution in [2.75, 3.05) is 33.4 Å². The van der Waals surface area contributed by atoms with Gasteiger partial charge in [0.25, 0.3) is 6.43 Å². The lowest BCUT2D eigenvalue weighted by atomic mass is 9.83. The van der Waals surface area contributed by atoms with E-state index in [4.69, 9.17) is 41.3 Å². The predicted molar refractivity (Wildman–Crippen MR) is 141 cm³/mol. The number of aliphatic imine (C=N–C) groups is 1. The SMILES string of the molecule is CN[C@@H]1[C@@H](O)[C@@H](O[C@@H]2[C@@H](O)[C@H](O[C@H]3O[C@H](CNCCO)CC[C@H]3N)[C@@H](N)C[C@H]2N=C(N)C(O)C(F)F)OC[C@]1(C)O. The van der Waals surface area contributed by atoms with Gasteiger partial charge in [-0.15, -0.1) is 0 Å². The molecule has 2 heterocycles. The number of amidine groups is 1. The van der Waals surface area contributed by atoms with Crippen molar-refractivity contribution in [2.24, 2.45) is 22.2 Å². The van der Waals surface area contributed by atoms with Crippen molar-refractivity contribution in [1.82, 2.24) is 10.6 Å². The highest BCUT2D eigenvalue weighted by molar-refractivity contribution is 5.85. The number of rotatable bonds is 12. The molecule has 17 heteroatoms. The molecule has 13 atom stereocenters. The molecule has 1 unspecified atom stereocenters. The van der Waals surface area contributed by atoms with Crippen LogP contribution in [0.25, 0.3) is 0 Å². The molecule has 3 aliphatic rings. The van der Waals surface area contributed by atoms with Gasteiger partial charge in [0.05, 0.1) is 37.4 Å². The number of nitrogens with zero attached hydrogens (tertiary/aromatic N) is 1. The van der Waals surface area contributed by atoms with Gasteiger partial charge >= 0.3 is 0 Å². The minimum absolute atomic E-state index is 0.0365. The van der Waals surface area contributed by atoms with Gasteiger partial charge in [0.1, 0.15) is 35.9 Å². The summed E-state index contributed by atoms with van der Waals surface area (Å²) in [7, 11) is 1.53. The van der Waals surface area contributed by atoms with E-state index in [1.54, 1.807) is 0 Å². The second-order valence-corrected chi connectivity index (χ2v) is 11.1. The van der Waals surface area contributed by atoms with E-state index in [0.29, 0.717) is 25.9 Å². The molecule has 240 valence electrons. The largest absolute Gasteiger partial charge is 0.395 e. The first-order chi connectivity index (χ1) is 19.3. The predicted octanol–water partition coefficient (Wildman–Crippen LogP) is -4.33. The summed E-state index contributed by atoms with van der Waals surface area (Å²) in [6.45, 7) is 2.01. The Morgan fingerprint density at radius 2 is 1.80 bits per heavy atom. The standard InChI is InChI=1S/C24H46F2N6O9/c1-24(37)9-38-23(15(35)19(24)30-2)41-18-13(32-21(29)16(36)20(25)26)7-12(28)17(14(18)34)40-22-11(27)4-3-10(39-22)8-31-5-6-33/h10-20,22-23,30-31,33-37H,3-9,27-28H2,1-2H3,(H2,29,32)/t10-,11+,12-,13+,14-,15+,16?,17+,18-,19+,22+,23+,24-/m0/s1. The molecule has 1 aliphatic carbocycles. The van der Waals surface area contributed by atoms with Crippen molar-refractivity contribution in [3.05, 3.63) is 0 Å². The Bertz CT molecular complexity index is 849. The molecular formula is C24H46F2N6O9. The first-order valence-electron chi connectivity index (χ1n) is 13.8. The number of halogens is 2. The Hall–Kier alpha value is -1.19. The van der Waals surface area contributed by atoms with Crippen LogP contribution in [0.4, 0.5) is 8.78 Å². The van der Waals surface area contributed by atoms with Crippen LogP contribution >= 0.6 is 0 Å². The number of ether oxygens (including phenoxy) is 4. The average molecular weight is 601 g/mol. The van der Waals surface area contributed by atoms with Crippen molar-refractivity contribution < 1.29 is 53.3 Å². The zero-order chi connectivity index (χ0) is 30.5. The fourth-order valence-electron chi connectivity index (χ4n) is 5.46. The first-order valence-corrected chi connectivity index (χ1v) is 13.8. The molecule has 0 radical (unpaired) electrons. The van der Waals surface area contributed by atoms with E-state index in [-0.39, 0.29) is 25.7 Å². The number of likely N-dealkylation sites (N-methyl/N-ethyl adjacent to an activating group) is 1. The fourth-order valence-corrected chi connectivity index (χ4v) is 5.46. The molecule has 1 saturated carbocycles. The summed E-state index contributed by atoms with van der Waals surface area (Å²) in [4.78, 5) is 4.00. The highest BCUT2D eigenvalue weighted by Gasteiger charge is 2.51. The van der Waals surface area contributed by atoms with E-state index in [1.165, 1.54) is 14.0 Å². The third-order valence-corrected chi connectivity index (χ3v) is 7.73. The number of nitrogens with two attached hydrogens (primary N) is 3. The van der Waals surface area contributed by atoms with Gasteiger partial charge in [0.15, 0.2) is 18.7 Å². The maximum Gasteiger partial charge on any atom is 0.271 e. The van der Waals surface area contributed by atoms with E-state index in [0.717, 1.165) is 0 Å². The monoisotopic (exact) mass is 600 g/mol. The Labute approximate surface area is 237 Å². The third kappa shape index (κ3) is 8.47. The van der Waals surface area contributed by atoms with Crippen LogP contribution in [0.5, 0.6) is 0 Å². The summed E-state index contributed by atoms with van der Waals surface area (Å²) >= 11 is 0. The highest BCUT2D eigenvalue weighted by atomic mass is 19.3. The molecule has 0 spiro atoms. The summed E-state index contributed by atoms with van der Waals surface area (Å²) in [5.41, 5.74) is 16.8. The van der Waals surface area contributed by atoms with Gasteiger partial charge < -0.3 is 72.3 Å². The number of hydrogen-bond acceptors (Lipinski definition) is 14. The van der Waals surface area contributed by atoms with Gasteiger partial charge in [0, 0.05) is 19.1 Å². The second kappa shape index (κ2) is 15.0. The van der Waals surface area contributed by atoms with Crippen molar-refractivity contribution >= 4 is 5.84 Å². The minimum Gasteiger partial charge on any atom is -0.395 e. The van der Waals surface area contributed by atoms with Gasteiger partial charge in [0.2, 0.25) is 0 Å². The zero-order valence-electron chi connectivity index (χ0n) is 23.3. The normalized spacial score (nSPS) is 43.3. The molecule has 3 rings (SSSR count). The lowest BCUT2D eigenvalue weighted by molar-refractivity contribution is -0.306. The number of nitrogens with one attached hydrogen (secondary N) is 2. The lowest BCUT2D eigenvalue weighted by Crippen LogP contribution is -2.67. The molecule has 0 bridgehead atoms. The van der Waals surface area contributed by atoms with Crippen LogP contribution in [-0.2, 0) is 18.9 Å². The van der Waals surface area contributed by atoms with Crippen molar-refractivity contribution in [3.63, 3.8) is 0 Å². The molecule has 0 amide bonds. The van der Waals surface area contributed by atoms with Crippen LogP contribution in [-0.4, -0.2) is 150 Å². The van der Waals surface area contributed by atoms with Crippen LogP contribution in [0, 0.1) is 0 Å². The molecule has 2 saturated heterocycles. The lowest BCUT2D eigenvalue weighted by Gasteiger charge is -2.48. The summed E-state index contributed by atoms with van der Waals surface area (Å²) in [6, 6.07) is -3.48. The van der Waals surface area contributed by atoms with E-state index in [1.807, 2.05) is 0 Å². The fraction of sp³-hybridized carbons (Fsp3) is 0.958. The first kappa shape index (κ1) is 34.3. The van der Waals surface area contributed by atoms with Gasteiger partial charge in [-0.05, 0) is 33.2 Å². The molecule has 15 nitrogen and oxygen atoms in total. The summed E-state index contributed by atoms with van der Waals surface area (Å²) in [5.74, 6) is -0.783. The molecule has 0 aromatic rings. The average Bonchev–Trinajstić information content (AvgIpc) is 2.91. The molecule has 0 aromatic carbocycles. The molecular weight excluding hydrogens is 554 g/mol. The van der Waals surface area contributed by atoms with Gasteiger partial charge in [-0.2, -0.15) is 0 Å². The van der Waals surface area contributed by atoms with Crippen molar-refractivity contribution in [2.45, 2.75) is 112 Å². The van der Waals surface area contributed by atoms with Crippen LogP contribution in [0.3, 0.4) is 0 Å². The zero-order valence-corrected chi connectivity index (χ0v) is 23.3. The quantitative estimate of drug-likeness (QED) is 0.0578. The third-order valence-electron chi connectivity index (χ3n) is 7.73. The van der Waals surface area contributed by atoms with Crippen molar-refractivity contribution in [1.29, 1.82) is 0 Å². The second-order valence-electron chi connectivity index (χ2n) is 11.1. The number of aliphatic hydroxyl groups is 5. The Morgan fingerprint density at radius 3 is 2.44 bits per heavy atom. The summed E-state index contributed by atoms with van der Waals surface area (Å²) < 4.78 is 49.8. The maximum atomic E-state index is 13.1. The van der Waals surface area contributed by atoms with Crippen LogP contribution < -0.4 is 27.8 Å². The molecule has 0 aromatic heterocycles. The highest BCUT2D eigenvalue weighted by Crippen LogP contribution is 2.33. The summed E-state index contributed by atoms with van der Waals surface area (Å²) in [6.07, 6.45) is -12.5.